The van der Waals surface area contributed by atoms with Gasteiger partial charge in [-0.2, -0.15) is 0 Å². The van der Waals surface area contributed by atoms with Crippen LogP contribution in [0.1, 0.15) is 28.8 Å². The van der Waals surface area contributed by atoms with E-state index in [1.165, 1.54) is 6.20 Å². The average molecular weight is 389 g/mol. The summed E-state index contributed by atoms with van der Waals surface area (Å²) in [7, 11) is 0. The molecular formula is C23H23N3O3. The molecule has 1 saturated heterocycles. The second kappa shape index (κ2) is 8.41. The van der Waals surface area contributed by atoms with E-state index in [0.29, 0.717) is 18.7 Å². The number of benzene rings is 2. The van der Waals surface area contributed by atoms with Crippen LogP contribution in [-0.2, 0) is 6.54 Å². The van der Waals surface area contributed by atoms with Gasteiger partial charge in [0.25, 0.3) is 5.56 Å². The van der Waals surface area contributed by atoms with Crippen LogP contribution >= 0.6 is 0 Å². The van der Waals surface area contributed by atoms with Gasteiger partial charge >= 0.3 is 5.69 Å². The third-order valence-corrected chi connectivity index (χ3v) is 5.44. The Balaban J connectivity index is 1.44. The lowest BCUT2D eigenvalue weighted by Gasteiger charge is -2.31. The molecule has 3 aromatic rings. The normalized spacial score (nSPS) is 17.2. The van der Waals surface area contributed by atoms with Gasteiger partial charge < -0.3 is 4.98 Å². The van der Waals surface area contributed by atoms with Crippen LogP contribution in [0.4, 0.5) is 0 Å². The van der Waals surface area contributed by atoms with Crippen molar-refractivity contribution >= 4 is 5.78 Å². The van der Waals surface area contributed by atoms with E-state index in [-0.39, 0.29) is 17.3 Å². The quantitative estimate of drug-likeness (QED) is 0.657. The zero-order valence-corrected chi connectivity index (χ0v) is 16.1. The van der Waals surface area contributed by atoms with Gasteiger partial charge in [0.2, 0.25) is 0 Å². The summed E-state index contributed by atoms with van der Waals surface area (Å²) in [6, 6.07) is 17.9. The predicted molar refractivity (Wildman–Crippen MR) is 112 cm³/mol. The molecule has 1 unspecified atom stereocenters. The molecule has 0 amide bonds. The van der Waals surface area contributed by atoms with Crippen molar-refractivity contribution in [2.24, 2.45) is 5.92 Å². The predicted octanol–water partition coefficient (Wildman–Crippen LogP) is 2.83. The van der Waals surface area contributed by atoms with E-state index in [2.05, 4.69) is 14.9 Å². The van der Waals surface area contributed by atoms with Gasteiger partial charge in [-0.1, -0.05) is 54.6 Å². The summed E-state index contributed by atoms with van der Waals surface area (Å²) in [6.45, 7) is 1.86. The molecule has 1 aliphatic rings. The van der Waals surface area contributed by atoms with Crippen molar-refractivity contribution < 1.29 is 4.79 Å². The number of hydrogen-bond acceptors (Lipinski definition) is 4. The molecule has 1 fully saturated rings. The van der Waals surface area contributed by atoms with Gasteiger partial charge in [0.1, 0.15) is 0 Å². The number of aromatic amines is 2. The minimum absolute atomic E-state index is 0.0897. The van der Waals surface area contributed by atoms with Crippen molar-refractivity contribution in [3.05, 3.63) is 92.8 Å². The van der Waals surface area contributed by atoms with E-state index in [4.69, 9.17) is 0 Å². The van der Waals surface area contributed by atoms with E-state index in [0.717, 1.165) is 36.1 Å². The number of carbonyl (C=O) groups excluding carboxylic acids is 1. The molecule has 29 heavy (non-hydrogen) atoms. The molecule has 1 atom stereocenters. The lowest BCUT2D eigenvalue weighted by molar-refractivity contribution is 0.0811. The Bertz CT molecular complexity index is 1100. The zero-order valence-electron chi connectivity index (χ0n) is 16.1. The first-order valence-corrected chi connectivity index (χ1v) is 9.83. The number of piperidine rings is 1. The van der Waals surface area contributed by atoms with Crippen LogP contribution in [0.2, 0.25) is 0 Å². The van der Waals surface area contributed by atoms with Crippen molar-refractivity contribution in [2.75, 3.05) is 13.1 Å². The fourth-order valence-corrected chi connectivity index (χ4v) is 3.90. The highest BCUT2D eigenvalue weighted by Crippen LogP contribution is 2.24. The van der Waals surface area contributed by atoms with Gasteiger partial charge in [0.15, 0.2) is 5.78 Å². The summed E-state index contributed by atoms with van der Waals surface area (Å²) in [5.74, 6) is 0.0536. The minimum atomic E-state index is -0.510. The lowest BCUT2D eigenvalue weighted by atomic mass is 9.89. The molecule has 6 heteroatoms. The van der Waals surface area contributed by atoms with Gasteiger partial charge in [-0.15, -0.1) is 0 Å². The Morgan fingerprint density at radius 3 is 2.45 bits per heavy atom. The molecule has 0 aliphatic carbocycles. The number of H-pyrrole nitrogens is 2. The summed E-state index contributed by atoms with van der Waals surface area (Å²) >= 11 is 0. The maximum Gasteiger partial charge on any atom is 0.325 e. The van der Waals surface area contributed by atoms with Gasteiger partial charge in [-0.05, 0) is 30.5 Å². The first-order valence-electron chi connectivity index (χ1n) is 9.83. The molecule has 1 aliphatic heterocycles. The summed E-state index contributed by atoms with van der Waals surface area (Å²) < 4.78 is 0. The third-order valence-electron chi connectivity index (χ3n) is 5.44. The van der Waals surface area contributed by atoms with Gasteiger partial charge in [0.05, 0.1) is 0 Å². The fourth-order valence-electron chi connectivity index (χ4n) is 3.90. The standard InChI is InChI=1S/C23H23N3O3/c27-21(18-10-8-17(9-11-18)16-5-2-1-3-6-16)19-7-4-12-26(14-19)15-20-13-24-23(29)25-22(20)28/h1-3,5-6,8-11,13,19H,4,7,12,14-15H2,(H2,24,25,28,29). The minimum Gasteiger partial charge on any atom is -0.314 e. The summed E-state index contributed by atoms with van der Waals surface area (Å²) in [6.07, 6.45) is 3.20. The third kappa shape index (κ3) is 4.43. The monoisotopic (exact) mass is 389 g/mol. The Morgan fingerprint density at radius 2 is 1.72 bits per heavy atom. The molecule has 0 radical (unpaired) electrons. The highest BCUT2D eigenvalue weighted by molar-refractivity contribution is 5.98. The number of ketones is 1. The maximum atomic E-state index is 13.0. The molecule has 2 aromatic carbocycles. The molecule has 148 valence electrons. The first kappa shape index (κ1) is 19.1. The second-order valence-electron chi connectivity index (χ2n) is 7.48. The molecule has 2 heterocycles. The van der Waals surface area contributed by atoms with E-state index in [1.54, 1.807) is 0 Å². The number of aromatic nitrogens is 2. The first-order chi connectivity index (χ1) is 14.1. The van der Waals surface area contributed by atoms with E-state index in [9.17, 15) is 14.4 Å². The number of rotatable bonds is 5. The van der Waals surface area contributed by atoms with Gasteiger partial charge in [0, 0.05) is 36.3 Å². The van der Waals surface area contributed by atoms with Crippen molar-refractivity contribution in [3.63, 3.8) is 0 Å². The van der Waals surface area contributed by atoms with Crippen LogP contribution < -0.4 is 11.2 Å². The lowest BCUT2D eigenvalue weighted by Crippen LogP contribution is -2.40. The Labute approximate surface area is 168 Å². The smallest absolute Gasteiger partial charge is 0.314 e. The molecule has 1 aromatic heterocycles. The number of nitrogens with zero attached hydrogens (tertiary/aromatic N) is 1. The Kier molecular flexibility index (Phi) is 5.53. The number of nitrogens with one attached hydrogen (secondary N) is 2. The largest absolute Gasteiger partial charge is 0.325 e. The van der Waals surface area contributed by atoms with Crippen LogP contribution in [0.25, 0.3) is 11.1 Å². The zero-order chi connectivity index (χ0) is 20.2. The SMILES string of the molecule is O=C(c1ccc(-c2ccccc2)cc1)C1CCCN(Cc2c[nH]c(=O)[nH]c2=O)C1. The highest BCUT2D eigenvalue weighted by atomic mass is 16.2. The molecule has 4 rings (SSSR count). The van der Waals surface area contributed by atoms with Crippen molar-refractivity contribution in [3.8, 4) is 11.1 Å². The number of hydrogen-bond donors (Lipinski definition) is 2. The van der Waals surface area contributed by atoms with Crippen molar-refractivity contribution in [1.29, 1.82) is 0 Å². The number of Topliss-reactive ketones (excluding diaryl/α,β-unsaturated/α-hetero) is 1. The molecule has 6 nitrogen and oxygen atoms in total. The van der Waals surface area contributed by atoms with E-state index >= 15 is 0 Å². The van der Waals surface area contributed by atoms with Crippen LogP contribution in [0.3, 0.4) is 0 Å². The molecule has 0 bridgehead atoms. The number of likely N-dealkylation sites (tertiary alicyclic amines) is 1. The fraction of sp³-hybridized carbons (Fsp3) is 0.261. The van der Waals surface area contributed by atoms with Crippen LogP contribution in [-0.4, -0.2) is 33.7 Å². The van der Waals surface area contributed by atoms with Gasteiger partial charge in [-0.25, -0.2) is 4.79 Å². The van der Waals surface area contributed by atoms with Gasteiger partial charge in [-0.3, -0.25) is 19.5 Å². The van der Waals surface area contributed by atoms with Crippen LogP contribution in [0.15, 0.2) is 70.4 Å². The molecule has 0 saturated carbocycles. The summed E-state index contributed by atoms with van der Waals surface area (Å²) in [4.78, 5) is 43.0. The second-order valence-corrected chi connectivity index (χ2v) is 7.48. The van der Waals surface area contributed by atoms with E-state index in [1.807, 2.05) is 54.6 Å². The van der Waals surface area contributed by atoms with Crippen molar-refractivity contribution in [1.82, 2.24) is 14.9 Å². The maximum absolute atomic E-state index is 13.0. The molecule has 2 N–H and O–H groups in total. The van der Waals surface area contributed by atoms with E-state index < -0.39 is 5.69 Å². The van der Waals surface area contributed by atoms with Crippen molar-refractivity contribution in [2.45, 2.75) is 19.4 Å². The topological polar surface area (TPSA) is 86.0 Å². The summed E-state index contributed by atoms with van der Waals surface area (Å²) in [5, 5.41) is 0. The number of carbonyl (C=O) groups is 1. The Hall–Kier alpha value is -3.25. The van der Waals surface area contributed by atoms with Crippen LogP contribution in [0.5, 0.6) is 0 Å². The summed E-state index contributed by atoms with van der Waals surface area (Å²) in [5.41, 5.74) is 2.55. The Morgan fingerprint density at radius 1 is 1.00 bits per heavy atom. The molecule has 0 spiro atoms. The highest BCUT2D eigenvalue weighted by Gasteiger charge is 2.27. The average Bonchev–Trinajstić information content (AvgIpc) is 2.76. The van der Waals surface area contributed by atoms with Crippen LogP contribution in [0, 0.1) is 5.92 Å². The molecular weight excluding hydrogens is 366 g/mol.